The Morgan fingerprint density at radius 3 is 2.80 bits per heavy atom. The first-order chi connectivity index (χ1) is 12.1. The molecular weight excluding hydrogens is 336 g/mol. The predicted octanol–water partition coefficient (Wildman–Crippen LogP) is 4.34. The number of hydrogen-bond donors (Lipinski definition) is 1. The van der Waals surface area contributed by atoms with E-state index in [1.165, 1.54) is 0 Å². The summed E-state index contributed by atoms with van der Waals surface area (Å²) in [6.07, 6.45) is 2.26. The van der Waals surface area contributed by atoms with Gasteiger partial charge < -0.3 is 9.73 Å². The van der Waals surface area contributed by atoms with E-state index in [1.54, 1.807) is 6.92 Å². The highest BCUT2D eigenvalue weighted by Crippen LogP contribution is 2.30. The first kappa shape index (κ1) is 18.0. The molecule has 1 N–H and O–H groups in total. The SMILES string of the molecule is CCCC1CN(Cc2ccc(-c3ccccc3Cl)o2)CC1NC(C)=O. The largest absolute Gasteiger partial charge is 0.460 e. The molecule has 1 aliphatic rings. The third-order valence-electron chi connectivity index (χ3n) is 4.75. The van der Waals surface area contributed by atoms with Crippen molar-refractivity contribution in [1.82, 2.24) is 10.2 Å². The molecule has 2 unspecified atom stereocenters. The summed E-state index contributed by atoms with van der Waals surface area (Å²) in [7, 11) is 0. The minimum atomic E-state index is 0.0481. The zero-order chi connectivity index (χ0) is 17.8. The van der Waals surface area contributed by atoms with Crippen molar-refractivity contribution in [2.45, 2.75) is 39.3 Å². The number of amides is 1. The van der Waals surface area contributed by atoms with E-state index in [-0.39, 0.29) is 11.9 Å². The van der Waals surface area contributed by atoms with Crippen LogP contribution in [0.15, 0.2) is 40.8 Å². The second-order valence-corrected chi connectivity index (χ2v) is 7.20. The van der Waals surface area contributed by atoms with Gasteiger partial charge in [0.1, 0.15) is 11.5 Å². The van der Waals surface area contributed by atoms with E-state index in [4.69, 9.17) is 16.0 Å². The smallest absolute Gasteiger partial charge is 0.217 e. The highest BCUT2D eigenvalue weighted by atomic mass is 35.5. The van der Waals surface area contributed by atoms with Gasteiger partial charge in [0.15, 0.2) is 0 Å². The fraction of sp³-hybridized carbons (Fsp3) is 0.450. The van der Waals surface area contributed by atoms with E-state index in [0.717, 1.165) is 49.6 Å². The van der Waals surface area contributed by atoms with Gasteiger partial charge in [0.05, 0.1) is 11.6 Å². The van der Waals surface area contributed by atoms with E-state index in [2.05, 4.69) is 17.1 Å². The molecule has 1 aromatic heterocycles. The maximum atomic E-state index is 11.4. The summed E-state index contributed by atoms with van der Waals surface area (Å²) in [5.74, 6) is 2.27. The second-order valence-electron chi connectivity index (χ2n) is 6.80. The molecule has 0 saturated carbocycles. The van der Waals surface area contributed by atoms with E-state index < -0.39 is 0 Å². The van der Waals surface area contributed by atoms with Gasteiger partial charge >= 0.3 is 0 Å². The lowest BCUT2D eigenvalue weighted by atomic mass is 9.98. The van der Waals surface area contributed by atoms with Crippen LogP contribution in [0, 0.1) is 5.92 Å². The molecule has 1 saturated heterocycles. The number of furan rings is 1. The van der Waals surface area contributed by atoms with Gasteiger partial charge in [-0.1, -0.05) is 37.1 Å². The average Bonchev–Trinajstić information content (AvgIpc) is 3.16. The first-order valence-corrected chi connectivity index (χ1v) is 9.27. The van der Waals surface area contributed by atoms with Gasteiger partial charge in [-0.25, -0.2) is 0 Å². The Balaban J connectivity index is 1.67. The Morgan fingerprint density at radius 2 is 2.08 bits per heavy atom. The van der Waals surface area contributed by atoms with Gasteiger partial charge in [-0.2, -0.15) is 0 Å². The van der Waals surface area contributed by atoms with Crippen LogP contribution in [-0.4, -0.2) is 29.9 Å². The monoisotopic (exact) mass is 360 g/mol. The highest BCUT2D eigenvalue weighted by molar-refractivity contribution is 6.33. The molecule has 1 aliphatic heterocycles. The Kier molecular flexibility index (Phi) is 5.82. The van der Waals surface area contributed by atoms with Crippen molar-refractivity contribution in [2.24, 2.45) is 5.92 Å². The van der Waals surface area contributed by atoms with Gasteiger partial charge in [0.2, 0.25) is 5.91 Å². The minimum absolute atomic E-state index is 0.0481. The quantitative estimate of drug-likeness (QED) is 0.833. The van der Waals surface area contributed by atoms with Gasteiger partial charge in [0, 0.05) is 31.6 Å². The molecule has 2 atom stereocenters. The first-order valence-electron chi connectivity index (χ1n) is 8.90. The molecule has 5 heteroatoms. The van der Waals surface area contributed by atoms with Crippen LogP contribution in [0.4, 0.5) is 0 Å². The van der Waals surface area contributed by atoms with E-state index in [1.807, 2.05) is 36.4 Å². The molecule has 1 aromatic carbocycles. The van der Waals surface area contributed by atoms with Crippen molar-refractivity contribution in [1.29, 1.82) is 0 Å². The van der Waals surface area contributed by atoms with E-state index in [9.17, 15) is 4.79 Å². The number of hydrogen-bond acceptors (Lipinski definition) is 3. The molecule has 25 heavy (non-hydrogen) atoms. The summed E-state index contributed by atoms with van der Waals surface area (Å²) in [5, 5.41) is 3.80. The molecule has 4 nitrogen and oxygen atoms in total. The number of likely N-dealkylation sites (tertiary alicyclic amines) is 1. The second kappa shape index (κ2) is 8.07. The maximum Gasteiger partial charge on any atom is 0.217 e. The number of benzene rings is 1. The Bertz CT molecular complexity index is 728. The Labute approximate surface area is 154 Å². The van der Waals surface area contributed by atoms with Gasteiger partial charge in [-0.3, -0.25) is 9.69 Å². The van der Waals surface area contributed by atoms with Crippen molar-refractivity contribution in [2.75, 3.05) is 13.1 Å². The lowest BCUT2D eigenvalue weighted by Gasteiger charge is -2.18. The normalized spacial score (nSPS) is 20.8. The van der Waals surface area contributed by atoms with Crippen molar-refractivity contribution >= 4 is 17.5 Å². The molecule has 0 radical (unpaired) electrons. The van der Waals surface area contributed by atoms with Gasteiger partial charge in [0.25, 0.3) is 0 Å². The molecule has 1 fully saturated rings. The minimum Gasteiger partial charge on any atom is -0.460 e. The van der Waals surface area contributed by atoms with Crippen LogP contribution in [0.25, 0.3) is 11.3 Å². The molecule has 3 rings (SSSR count). The summed E-state index contributed by atoms with van der Waals surface area (Å²) >= 11 is 6.25. The molecule has 2 aromatic rings. The summed E-state index contributed by atoms with van der Waals surface area (Å²) < 4.78 is 6.01. The van der Waals surface area contributed by atoms with E-state index >= 15 is 0 Å². The van der Waals surface area contributed by atoms with Crippen LogP contribution in [-0.2, 0) is 11.3 Å². The van der Waals surface area contributed by atoms with Crippen molar-refractivity contribution in [3.8, 4) is 11.3 Å². The molecular formula is C20H25ClN2O2. The van der Waals surface area contributed by atoms with Crippen LogP contribution in [0.3, 0.4) is 0 Å². The Morgan fingerprint density at radius 1 is 1.28 bits per heavy atom. The number of carbonyl (C=O) groups excluding carboxylic acids is 1. The summed E-state index contributed by atoms with van der Waals surface area (Å²) in [5.41, 5.74) is 0.914. The number of rotatable bonds is 6. The molecule has 0 bridgehead atoms. The van der Waals surface area contributed by atoms with Gasteiger partial charge in [-0.05, 0) is 36.6 Å². The summed E-state index contributed by atoms with van der Waals surface area (Å²) in [4.78, 5) is 13.8. The number of nitrogens with zero attached hydrogens (tertiary/aromatic N) is 1. The van der Waals surface area contributed by atoms with Crippen LogP contribution in [0.2, 0.25) is 5.02 Å². The standard InChI is InChI=1S/C20H25ClN2O2/c1-3-6-15-11-23(13-19(15)22-14(2)24)12-16-9-10-20(25-16)17-7-4-5-8-18(17)21/h4-5,7-10,15,19H,3,6,11-13H2,1-2H3,(H,22,24). The summed E-state index contributed by atoms with van der Waals surface area (Å²) in [6.45, 7) is 6.39. The lowest BCUT2D eigenvalue weighted by Crippen LogP contribution is -2.39. The third kappa shape index (κ3) is 4.44. The third-order valence-corrected chi connectivity index (χ3v) is 5.07. The van der Waals surface area contributed by atoms with Crippen LogP contribution >= 0.6 is 11.6 Å². The summed E-state index contributed by atoms with van der Waals surface area (Å²) in [6, 6.07) is 11.9. The fourth-order valence-corrected chi connectivity index (χ4v) is 3.90. The molecule has 0 spiro atoms. The predicted molar refractivity (Wildman–Crippen MR) is 100 cm³/mol. The fourth-order valence-electron chi connectivity index (χ4n) is 3.67. The van der Waals surface area contributed by atoms with E-state index in [0.29, 0.717) is 10.9 Å². The number of nitrogens with one attached hydrogen (secondary N) is 1. The topological polar surface area (TPSA) is 45.5 Å². The molecule has 1 amide bonds. The molecule has 134 valence electrons. The van der Waals surface area contributed by atoms with Crippen molar-refractivity contribution in [3.63, 3.8) is 0 Å². The van der Waals surface area contributed by atoms with Crippen molar-refractivity contribution in [3.05, 3.63) is 47.2 Å². The molecule has 2 heterocycles. The zero-order valence-corrected chi connectivity index (χ0v) is 15.6. The number of halogens is 1. The van der Waals surface area contributed by atoms with Crippen LogP contribution in [0.5, 0.6) is 0 Å². The maximum absolute atomic E-state index is 11.4. The zero-order valence-electron chi connectivity index (χ0n) is 14.8. The Hall–Kier alpha value is -1.78. The van der Waals surface area contributed by atoms with Gasteiger partial charge in [-0.15, -0.1) is 0 Å². The van der Waals surface area contributed by atoms with Crippen LogP contribution < -0.4 is 5.32 Å². The highest BCUT2D eigenvalue weighted by Gasteiger charge is 2.32. The van der Waals surface area contributed by atoms with Crippen molar-refractivity contribution < 1.29 is 9.21 Å². The average molecular weight is 361 g/mol. The number of carbonyl (C=O) groups is 1. The van der Waals surface area contributed by atoms with Crippen LogP contribution in [0.1, 0.15) is 32.4 Å². The molecule has 0 aliphatic carbocycles. The lowest BCUT2D eigenvalue weighted by molar-refractivity contribution is -0.119.